The Balaban J connectivity index is 1.75. The average molecular weight is 506 g/mol. The first-order valence-electron chi connectivity index (χ1n) is 10.8. The number of nitrogens with zero attached hydrogens (tertiary/aromatic N) is 2. The predicted octanol–water partition coefficient (Wildman–Crippen LogP) is 2.82. The van der Waals surface area contributed by atoms with Crippen molar-refractivity contribution < 1.29 is 23.9 Å². The number of nitrogen functional groups attached to an aromatic ring is 1. The Hall–Kier alpha value is -4.64. The predicted molar refractivity (Wildman–Crippen MR) is 133 cm³/mol. The molecule has 1 atom stereocenters. The molecule has 184 valence electrons. The number of amides is 3. The van der Waals surface area contributed by atoms with E-state index >= 15 is 0 Å². The summed E-state index contributed by atoms with van der Waals surface area (Å²) < 4.78 is 9.37. The average Bonchev–Trinajstić information content (AvgIpc) is 3.53. The second-order valence-corrected chi connectivity index (χ2v) is 8.62. The van der Waals surface area contributed by atoms with Crippen LogP contribution in [0.3, 0.4) is 0 Å². The Morgan fingerprint density at radius 2 is 1.78 bits per heavy atom. The molecule has 0 aliphatic carbocycles. The minimum Gasteiger partial charge on any atom is -0.508 e. The van der Waals surface area contributed by atoms with Crippen molar-refractivity contribution in [3.8, 4) is 5.75 Å². The normalized spacial score (nSPS) is 11.6. The van der Waals surface area contributed by atoms with Crippen LogP contribution in [0, 0.1) is 0 Å². The van der Waals surface area contributed by atoms with Crippen molar-refractivity contribution in [2.45, 2.75) is 19.1 Å². The summed E-state index contributed by atoms with van der Waals surface area (Å²) >= 11 is 0.721. The standard InChI is InChI=1S/C25H23N5O5S/c26-19-20(23(27)32)29-36-22(19)25(34)30(14-18-7-4-12-35-18)21(16-8-10-17(31)11-9-16)24(33)28-13-15-5-2-1-3-6-15/h1-12,21,31H,13-14,26H2,(H2,27,32)(H,28,33)/t21-/m1/s1. The van der Waals surface area contributed by atoms with Crippen LogP contribution in [0.1, 0.15) is 43.1 Å². The van der Waals surface area contributed by atoms with E-state index in [4.69, 9.17) is 15.9 Å². The van der Waals surface area contributed by atoms with Crippen LogP contribution < -0.4 is 16.8 Å². The number of rotatable bonds is 9. The molecule has 2 aromatic carbocycles. The molecule has 0 radical (unpaired) electrons. The van der Waals surface area contributed by atoms with Gasteiger partial charge in [0.15, 0.2) is 5.69 Å². The molecule has 4 aromatic rings. The Morgan fingerprint density at radius 1 is 1.06 bits per heavy atom. The summed E-state index contributed by atoms with van der Waals surface area (Å²) in [4.78, 5) is 40.3. The lowest BCUT2D eigenvalue weighted by molar-refractivity contribution is -0.126. The van der Waals surface area contributed by atoms with Gasteiger partial charge in [-0.25, -0.2) is 0 Å². The lowest BCUT2D eigenvalue weighted by atomic mass is 10.0. The summed E-state index contributed by atoms with van der Waals surface area (Å²) in [6.45, 7) is 0.144. The van der Waals surface area contributed by atoms with Crippen LogP contribution >= 0.6 is 11.5 Å². The molecule has 6 N–H and O–H groups in total. The minimum absolute atomic E-state index is 0.00362. The number of hydrogen-bond acceptors (Lipinski definition) is 8. The second kappa shape index (κ2) is 10.7. The highest BCUT2D eigenvalue weighted by Gasteiger charge is 2.35. The third-order valence-electron chi connectivity index (χ3n) is 5.40. The van der Waals surface area contributed by atoms with Crippen LogP contribution in [-0.2, 0) is 17.9 Å². The third-order valence-corrected chi connectivity index (χ3v) is 6.25. The Morgan fingerprint density at radius 3 is 2.39 bits per heavy atom. The fourth-order valence-electron chi connectivity index (χ4n) is 3.62. The van der Waals surface area contributed by atoms with E-state index < -0.39 is 23.8 Å². The summed E-state index contributed by atoms with van der Waals surface area (Å²) in [5.41, 5.74) is 12.3. The number of carbonyl (C=O) groups is 3. The summed E-state index contributed by atoms with van der Waals surface area (Å²) in [5, 5.41) is 12.7. The van der Waals surface area contributed by atoms with Crippen molar-refractivity contribution in [1.82, 2.24) is 14.6 Å². The van der Waals surface area contributed by atoms with E-state index in [1.807, 2.05) is 30.3 Å². The summed E-state index contributed by atoms with van der Waals surface area (Å²) in [6.07, 6.45) is 1.45. The van der Waals surface area contributed by atoms with Gasteiger partial charge in [0.05, 0.1) is 18.5 Å². The van der Waals surface area contributed by atoms with Crippen molar-refractivity contribution in [1.29, 1.82) is 0 Å². The van der Waals surface area contributed by atoms with Gasteiger partial charge >= 0.3 is 0 Å². The van der Waals surface area contributed by atoms with Gasteiger partial charge in [0, 0.05) is 6.54 Å². The monoisotopic (exact) mass is 505 g/mol. The number of carbonyl (C=O) groups excluding carboxylic acids is 3. The van der Waals surface area contributed by atoms with Gasteiger partial charge in [-0.1, -0.05) is 42.5 Å². The lowest BCUT2D eigenvalue weighted by Gasteiger charge is -2.30. The Labute approximate surface area is 210 Å². The number of phenolic OH excluding ortho intramolecular Hbond substituents is 1. The molecule has 2 heterocycles. The second-order valence-electron chi connectivity index (χ2n) is 7.85. The van der Waals surface area contributed by atoms with Gasteiger partial charge in [0.1, 0.15) is 22.4 Å². The van der Waals surface area contributed by atoms with E-state index in [0.717, 1.165) is 17.1 Å². The number of primary amides is 1. The molecular formula is C25H23N5O5S. The lowest BCUT2D eigenvalue weighted by Crippen LogP contribution is -2.43. The molecule has 0 spiro atoms. The molecule has 10 nitrogen and oxygen atoms in total. The van der Waals surface area contributed by atoms with E-state index in [9.17, 15) is 19.5 Å². The number of aromatic nitrogens is 1. The molecule has 0 aliphatic rings. The van der Waals surface area contributed by atoms with Gasteiger partial charge in [0.2, 0.25) is 5.91 Å². The molecule has 0 unspecified atom stereocenters. The SMILES string of the molecule is NC(=O)c1nsc(C(=O)N(Cc2ccco2)[C@@H](C(=O)NCc2ccccc2)c2ccc(O)cc2)c1N. The summed E-state index contributed by atoms with van der Waals surface area (Å²) in [7, 11) is 0. The number of nitrogens with two attached hydrogens (primary N) is 2. The van der Waals surface area contributed by atoms with Crippen LogP contribution in [0.25, 0.3) is 0 Å². The molecule has 0 fully saturated rings. The molecule has 0 bridgehead atoms. The van der Waals surface area contributed by atoms with E-state index in [2.05, 4.69) is 9.69 Å². The number of phenols is 1. The van der Waals surface area contributed by atoms with E-state index in [1.165, 1.54) is 23.3 Å². The van der Waals surface area contributed by atoms with Crippen molar-refractivity contribution in [3.63, 3.8) is 0 Å². The fraction of sp³-hybridized carbons (Fsp3) is 0.120. The van der Waals surface area contributed by atoms with Crippen LogP contribution in [0.2, 0.25) is 0 Å². The van der Waals surface area contributed by atoms with Gasteiger partial charge in [-0.3, -0.25) is 14.4 Å². The number of anilines is 1. The molecular weight excluding hydrogens is 482 g/mol. The summed E-state index contributed by atoms with van der Waals surface area (Å²) in [5.74, 6) is -1.55. The molecule has 0 aliphatic heterocycles. The summed E-state index contributed by atoms with van der Waals surface area (Å²) in [6, 6.07) is 17.5. The first-order valence-corrected chi connectivity index (χ1v) is 11.6. The van der Waals surface area contributed by atoms with Crippen LogP contribution in [-0.4, -0.2) is 32.1 Å². The number of nitrogens with one attached hydrogen (secondary N) is 1. The highest BCUT2D eigenvalue weighted by atomic mass is 32.1. The van der Waals surface area contributed by atoms with Crippen molar-refractivity contribution in [2.24, 2.45) is 5.73 Å². The molecule has 0 saturated heterocycles. The smallest absolute Gasteiger partial charge is 0.270 e. The van der Waals surface area contributed by atoms with Crippen LogP contribution in [0.5, 0.6) is 5.75 Å². The maximum Gasteiger partial charge on any atom is 0.270 e. The highest BCUT2D eigenvalue weighted by Crippen LogP contribution is 2.31. The zero-order chi connectivity index (χ0) is 25.7. The molecule has 2 aromatic heterocycles. The zero-order valence-electron chi connectivity index (χ0n) is 19.0. The topological polar surface area (TPSA) is 165 Å². The van der Waals surface area contributed by atoms with Gasteiger partial charge < -0.3 is 31.2 Å². The van der Waals surface area contributed by atoms with E-state index in [-0.39, 0.29) is 35.1 Å². The largest absolute Gasteiger partial charge is 0.508 e. The molecule has 36 heavy (non-hydrogen) atoms. The van der Waals surface area contributed by atoms with E-state index in [0.29, 0.717) is 11.3 Å². The molecule has 11 heteroatoms. The first kappa shape index (κ1) is 24.5. The van der Waals surface area contributed by atoms with Gasteiger partial charge in [0.25, 0.3) is 11.8 Å². The molecule has 0 saturated carbocycles. The van der Waals surface area contributed by atoms with Crippen molar-refractivity contribution in [2.75, 3.05) is 5.73 Å². The first-order chi connectivity index (χ1) is 17.3. The van der Waals surface area contributed by atoms with Crippen LogP contribution in [0.15, 0.2) is 77.4 Å². The third kappa shape index (κ3) is 5.36. The van der Waals surface area contributed by atoms with Gasteiger partial charge in [-0.2, -0.15) is 4.37 Å². The van der Waals surface area contributed by atoms with Crippen molar-refractivity contribution >= 4 is 34.9 Å². The quantitative estimate of drug-likeness (QED) is 0.271. The zero-order valence-corrected chi connectivity index (χ0v) is 19.8. The van der Waals surface area contributed by atoms with Crippen LogP contribution in [0.4, 0.5) is 5.69 Å². The van der Waals surface area contributed by atoms with Crippen molar-refractivity contribution in [3.05, 3.63) is 100 Å². The fourth-order valence-corrected chi connectivity index (χ4v) is 4.38. The number of benzene rings is 2. The number of furan rings is 1. The number of aromatic hydroxyl groups is 1. The van der Waals surface area contributed by atoms with Gasteiger partial charge in [-0.05, 0) is 46.9 Å². The maximum atomic E-state index is 13.8. The maximum absolute atomic E-state index is 13.8. The molecule has 4 rings (SSSR count). The highest BCUT2D eigenvalue weighted by molar-refractivity contribution is 7.09. The Kier molecular flexibility index (Phi) is 7.31. The minimum atomic E-state index is -1.13. The molecule has 3 amide bonds. The Bertz CT molecular complexity index is 1350. The number of hydrogen-bond donors (Lipinski definition) is 4. The van der Waals surface area contributed by atoms with E-state index in [1.54, 1.807) is 24.3 Å². The van der Waals surface area contributed by atoms with Gasteiger partial charge in [-0.15, -0.1) is 0 Å².